The molecule has 0 fully saturated rings. The van der Waals surface area contributed by atoms with Gasteiger partial charge in [-0.1, -0.05) is 0 Å². The van der Waals surface area contributed by atoms with Crippen LogP contribution in [0.25, 0.3) is 0 Å². The first-order valence-corrected chi connectivity index (χ1v) is 4.89. The minimum atomic E-state index is -4.35. The van der Waals surface area contributed by atoms with Crippen molar-refractivity contribution in [1.29, 1.82) is 0 Å². The van der Waals surface area contributed by atoms with Crippen molar-refractivity contribution in [2.75, 3.05) is 0 Å². The van der Waals surface area contributed by atoms with E-state index in [4.69, 9.17) is 0 Å². The third-order valence-electron chi connectivity index (χ3n) is 0.163. The zero-order chi connectivity index (χ0) is 6.08. The summed E-state index contributed by atoms with van der Waals surface area (Å²) >= 11 is 0. The molecule has 0 saturated heterocycles. The van der Waals surface area contributed by atoms with E-state index in [1.807, 2.05) is 0 Å². The molecule has 0 N–H and O–H groups in total. The van der Waals surface area contributed by atoms with Gasteiger partial charge in [-0.3, -0.25) is 4.21 Å². The maximum absolute atomic E-state index is 9.48. The maximum Gasteiger partial charge on any atom is 1.00 e. The monoisotopic (exact) mass is 186 g/mol. The van der Waals surface area contributed by atoms with Crippen LogP contribution in [0.1, 0.15) is 0 Å². The average molecular weight is 187 g/mol. The van der Waals surface area contributed by atoms with E-state index in [1.165, 1.54) is 0 Å². The van der Waals surface area contributed by atoms with Crippen molar-refractivity contribution in [3.05, 3.63) is 0 Å². The second-order valence-corrected chi connectivity index (χ2v) is 5.69. The van der Waals surface area contributed by atoms with E-state index in [1.54, 1.807) is 0 Å². The SMILES string of the molecule is O=S([O-])S(=O)(=O)Cl.[Na+]. The molecule has 0 saturated carbocycles. The van der Waals surface area contributed by atoms with Crippen LogP contribution < -0.4 is 29.6 Å². The second kappa shape index (κ2) is 4.21. The van der Waals surface area contributed by atoms with Gasteiger partial charge >= 0.3 is 37.6 Å². The van der Waals surface area contributed by atoms with Gasteiger partial charge in [0.2, 0.25) is 0 Å². The predicted molar refractivity (Wildman–Crippen MR) is 23.7 cm³/mol. The van der Waals surface area contributed by atoms with E-state index < -0.39 is 18.2 Å². The third-order valence-corrected chi connectivity index (χ3v) is 2.39. The van der Waals surface area contributed by atoms with E-state index in [0.29, 0.717) is 0 Å². The van der Waals surface area contributed by atoms with E-state index >= 15 is 0 Å². The number of hydrogen-bond donors (Lipinski definition) is 0. The molecule has 0 aromatic rings. The van der Waals surface area contributed by atoms with Crippen molar-refractivity contribution >= 4 is 28.9 Å². The summed E-state index contributed by atoms with van der Waals surface area (Å²) in [6.07, 6.45) is 0. The molecule has 8 heavy (non-hydrogen) atoms. The molecule has 1 atom stereocenters. The van der Waals surface area contributed by atoms with Crippen LogP contribution in [0.2, 0.25) is 0 Å². The molecule has 0 heterocycles. The predicted octanol–water partition coefficient (Wildman–Crippen LogP) is -3.65. The summed E-state index contributed by atoms with van der Waals surface area (Å²) in [7, 11) is -3.32. The standard InChI is InChI=1S/ClHO4S2.Na/c1-7(4,5)6(2)3;/h(H,2,3);/q;+1/p-1. The molecule has 8 heteroatoms. The molecule has 0 amide bonds. The van der Waals surface area contributed by atoms with Crippen LogP contribution in [0.3, 0.4) is 0 Å². The van der Waals surface area contributed by atoms with Crippen molar-refractivity contribution in [3.63, 3.8) is 0 Å². The van der Waals surface area contributed by atoms with Gasteiger partial charge in [0, 0.05) is 10.7 Å². The fourth-order valence-electron chi connectivity index (χ4n) is 0. The first-order chi connectivity index (χ1) is 2.94. The van der Waals surface area contributed by atoms with Gasteiger partial charge in [-0.05, 0) is 0 Å². The zero-order valence-corrected chi connectivity index (χ0v) is 8.22. The Labute approximate surface area is 75.0 Å². The fourth-order valence-corrected chi connectivity index (χ4v) is 0. The molecular weight excluding hydrogens is 187 g/mol. The maximum atomic E-state index is 9.48. The smallest absolute Gasteiger partial charge is 0.759 e. The first-order valence-electron chi connectivity index (χ1n) is 0.988. The third kappa shape index (κ3) is 5.49. The number of rotatable bonds is 1. The molecule has 0 aliphatic carbocycles. The summed E-state index contributed by atoms with van der Waals surface area (Å²) in [5, 5.41) is 0. The van der Waals surface area contributed by atoms with Crippen molar-refractivity contribution in [1.82, 2.24) is 0 Å². The van der Waals surface area contributed by atoms with E-state index in [9.17, 15) is 17.2 Å². The summed E-state index contributed by atoms with van der Waals surface area (Å²) in [4.78, 5) is 0. The van der Waals surface area contributed by atoms with Crippen LogP contribution in [-0.4, -0.2) is 17.2 Å². The Hall–Kier alpha value is 1.35. The largest absolute Gasteiger partial charge is 1.00 e. The zero-order valence-electron chi connectivity index (χ0n) is 3.83. The Balaban J connectivity index is 0. The van der Waals surface area contributed by atoms with Crippen molar-refractivity contribution < 1.29 is 46.7 Å². The molecule has 1 unspecified atom stereocenters. The Kier molecular flexibility index (Phi) is 6.35. The van der Waals surface area contributed by atoms with Crippen molar-refractivity contribution in [2.45, 2.75) is 0 Å². The minimum absolute atomic E-state index is 0. The van der Waals surface area contributed by atoms with Crippen molar-refractivity contribution in [2.24, 2.45) is 0 Å². The summed E-state index contributed by atoms with van der Waals surface area (Å²) in [5.41, 5.74) is 0. The molecule has 0 radical (unpaired) electrons. The molecule has 0 spiro atoms. The quantitative estimate of drug-likeness (QED) is 0.183. The van der Waals surface area contributed by atoms with Crippen LogP contribution >= 0.6 is 10.7 Å². The molecule has 0 aromatic carbocycles. The normalized spacial score (nSPS) is 14.2. The van der Waals surface area contributed by atoms with Gasteiger partial charge in [0.25, 0.3) is 0 Å². The number of hydrogen-bond acceptors (Lipinski definition) is 4. The van der Waals surface area contributed by atoms with Crippen molar-refractivity contribution in [3.8, 4) is 0 Å². The van der Waals surface area contributed by atoms with E-state index in [0.717, 1.165) is 0 Å². The van der Waals surface area contributed by atoms with Gasteiger partial charge in [-0.2, -0.15) is 8.42 Å². The van der Waals surface area contributed by atoms with Gasteiger partial charge in [-0.15, -0.1) is 0 Å². The van der Waals surface area contributed by atoms with Crippen LogP contribution in [0, 0.1) is 0 Å². The first kappa shape index (κ1) is 12.1. The van der Waals surface area contributed by atoms with Crippen LogP contribution in [0.15, 0.2) is 0 Å². The van der Waals surface area contributed by atoms with Gasteiger partial charge in [0.1, 0.15) is 0 Å². The Morgan fingerprint density at radius 2 is 1.62 bits per heavy atom. The Morgan fingerprint density at radius 3 is 1.62 bits per heavy atom. The molecule has 0 aromatic heterocycles. The summed E-state index contributed by atoms with van der Waals surface area (Å²) < 4.78 is 37.6. The second-order valence-electron chi connectivity index (χ2n) is 0.597. The van der Waals surface area contributed by atoms with Crippen LogP contribution in [0.5, 0.6) is 0 Å². The minimum Gasteiger partial charge on any atom is -0.759 e. The van der Waals surface area contributed by atoms with Crippen LogP contribution in [0.4, 0.5) is 0 Å². The van der Waals surface area contributed by atoms with Gasteiger partial charge in [-0.25, -0.2) is 0 Å². The molecule has 44 valence electrons. The molecule has 4 nitrogen and oxygen atoms in total. The molecular formula is ClNaO4S2. The topological polar surface area (TPSA) is 74.3 Å². The average Bonchev–Trinajstić information content (AvgIpc) is 1.31. The van der Waals surface area contributed by atoms with Gasteiger partial charge in [0.05, 0.1) is 10.1 Å². The van der Waals surface area contributed by atoms with E-state index in [2.05, 4.69) is 10.7 Å². The molecule has 0 aliphatic heterocycles. The fraction of sp³-hybridized carbons (Fsp3) is 0. The molecule has 0 aliphatic rings. The van der Waals surface area contributed by atoms with Gasteiger partial charge in [0.15, 0.2) is 0 Å². The molecule has 0 bridgehead atoms. The summed E-state index contributed by atoms with van der Waals surface area (Å²) in [6, 6.07) is 0. The molecule has 0 rings (SSSR count). The Bertz CT molecular complexity index is 168. The number of halogens is 1. The van der Waals surface area contributed by atoms with Gasteiger partial charge < -0.3 is 4.55 Å². The summed E-state index contributed by atoms with van der Waals surface area (Å²) in [5.74, 6) is 0. The Morgan fingerprint density at radius 1 is 1.50 bits per heavy atom. The van der Waals surface area contributed by atoms with Crippen LogP contribution in [-0.2, 0) is 18.2 Å². The van der Waals surface area contributed by atoms with E-state index in [-0.39, 0.29) is 29.6 Å². The summed E-state index contributed by atoms with van der Waals surface area (Å²) in [6.45, 7) is 0.